The van der Waals surface area contributed by atoms with E-state index in [1.807, 2.05) is 18.3 Å². The van der Waals surface area contributed by atoms with Gasteiger partial charge in [-0.2, -0.15) is 0 Å². The lowest BCUT2D eigenvalue weighted by Gasteiger charge is -2.32. The molecule has 2 aliphatic heterocycles. The van der Waals surface area contributed by atoms with Crippen molar-refractivity contribution in [2.24, 2.45) is 5.92 Å². The van der Waals surface area contributed by atoms with Crippen LogP contribution >= 0.6 is 0 Å². The molecule has 2 N–H and O–H groups in total. The number of amides is 3. The molecule has 2 saturated heterocycles. The fourth-order valence-electron chi connectivity index (χ4n) is 4.04. The van der Waals surface area contributed by atoms with Crippen LogP contribution in [0.1, 0.15) is 50.5 Å². The van der Waals surface area contributed by atoms with Crippen molar-refractivity contribution in [3.05, 3.63) is 23.9 Å². The summed E-state index contributed by atoms with van der Waals surface area (Å²) in [6.45, 7) is 3.84. The molecular weight excluding hydrogens is 354 g/mol. The van der Waals surface area contributed by atoms with Crippen molar-refractivity contribution in [3.63, 3.8) is 0 Å². The Morgan fingerprint density at radius 1 is 1.04 bits per heavy atom. The van der Waals surface area contributed by atoms with Crippen molar-refractivity contribution >= 4 is 17.8 Å². The van der Waals surface area contributed by atoms with Crippen LogP contribution in [0.2, 0.25) is 0 Å². The zero-order chi connectivity index (χ0) is 19.3. The molecule has 3 heterocycles. The third-order valence-electron chi connectivity index (χ3n) is 5.94. The Labute approximate surface area is 166 Å². The molecule has 28 heavy (non-hydrogen) atoms. The van der Waals surface area contributed by atoms with E-state index in [9.17, 15) is 9.59 Å². The van der Waals surface area contributed by atoms with Gasteiger partial charge in [-0.1, -0.05) is 6.07 Å². The van der Waals surface area contributed by atoms with Gasteiger partial charge in [0.2, 0.25) is 5.91 Å². The maximum atomic E-state index is 12.5. The Morgan fingerprint density at radius 3 is 2.57 bits per heavy atom. The average molecular weight is 386 g/mol. The van der Waals surface area contributed by atoms with E-state index in [-0.39, 0.29) is 17.9 Å². The lowest BCUT2D eigenvalue weighted by Crippen LogP contribution is -2.49. The van der Waals surface area contributed by atoms with E-state index < -0.39 is 0 Å². The number of hydrogen-bond donors (Lipinski definition) is 2. The van der Waals surface area contributed by atoms with Crippen molar-refractivity contribution in [2.45, 2.75) is 57.5 Å². The van der Waals surface area contributed by atoms with Crippen molar-refractivity contribution in [1.29, 1.82) is 0 Å². The van der Waals surface area contributed by atoms with Gasteiger partial charge in [-0.3, -0.25) is 4.79 Å². The molecule has 7 heteroatoms. The summed E-state index contributed by atoms with van der Waals surface area (Å²) in [5, 5.41) is 6.05. The highest BCUT2D eigenvalue weighted by atomic mass is 16.2. The highest BCUT2D eigenvalue weighted by Crippen LogP contribution is 2.22. The largest absolute Gasteiger partial charge is 0.357 e. The number of nitrogens with zero attached hydrogens (tertiary/aromatic N) is 3. The van der Waals surface area contributed by atoms with Crippen LogP contribution in [-0.2, 0) is 11.3 Å². The Morgan fingerprint density at radius 2 is 1.86 bits per heavy atom. The summed E-state index contributed by atoms with van der Waals surface area (Å²) < 4.78 is 0. The Hall–Kier alpha value is -2.31. The van der Waals surface area contributed by atoms with Crippen LogP contribution in [0.3, 0.4) is 0 Å². The van der Waals surface area contributed by atoms with E-state index >= 15 is 0 Å². The fourth-order valence-corrected chi connectivity index (χ4v) is 4.04. The number of nitrogens with one attached hydrogen (secondary N) is 2. The van der Waals surface area contributed by atoms with Crippen LogP contribution in [0.4, 0.5) is 10.6 Å². The van der Waals surface area contributed by atoms with Crippen molar-refractivity contribution in [2.75, 3.05) is 31.1 Å². The van der Waals surface area contributed by atoms with Gasteiger partial charge < -0.3 is 20.4 Å². The van der Waals surface area contributed by atoms with Crippen LogP contribution < -0.4 is 15.5 Å². The molecule has 1 atom stereocenters. The number of anilines is 1. The molecule has 7 nitrogen and oxygen atoms in total. The smallest absolute Gasteiger partial charge is 0.317 e. The second kappa shape index (κ2) is 8.80. The van der Waals surface area contributed by atoms with Gasteiger partial charge in [0.15, 0.2) is 0 Å². The van der Waals surface area contributed by atoms with Crippen LogP contribution in [0.5, 0.6) is 0 Å². The van der Waals surface area contributed by atoms with Crippen molar-refractivity contribution in [1.82, 2.24) is 20.5 Å². The van der Waals surface area contributed by atoms with Gasteiger partial charge in [-0.05, 0) is 56.6 Å². The quantitative estimate of drug-likeness (QED) is 0.815. The molecule has 152 valence electrons. The molecule has 0 bridgehead atoms. The molecular formula is C21H31N5O2. The number of hydrogen-bond acceptors (Lipinski definition) is 4. The predicted octanol–water partition coefficient (Wildman–Crippen LogP) is 2.27. The third-order valence-corrected chi connectivity index (χ3v) is 5.94. The maximum Gasteiger partial charge on any atom is 0.317 e. The van der Waals surface area contributed by atoms with Gasteiger partial charge in [0.1, 0.15) is 5.82 Å². The molecule has 1 unspecified atom stereocenters. The number of carbonyl (C=O) groups excluding carboxylic acids is 2. The molecule has 1 saturated carbocycles. The number of likely N-dealkylation sites (tertiary alicyclic amines) is 1. The molecule has 3 amide bonds. The van der Waals surface area contributed by atoms with Crippen LogP contribution in [0, 0.1) is 5.92 Å². The summed E-state index contributed by atoms with van der Waals surface area (Å²) in [4.78, 5) is 33.5. The molecule has 1 aromatic rings. The van der Waals surface area contributed by atoms with E-state index in [2.05, 4.69) is 20.5 Å². The van der Waals surface area contributed by atoms with Crippen LogP contribution in [-0.4, -0.2) is 54.0 Å². The molecule has 0 spiro atoms. The summed E-state index contributed by atoms with van der Waals surface area (Å²) in [6.07, 6.45) is 9.55. The minimum atomic E-state index is -0.0935. The first-order chi connectivity index (χ1) is 13.7. The van der Waals surface area contributed by atoms with Crippen molar-refractivity contribution < 1.29 is 9.59 Å². The van der Waals surface area contributed by atoms with Gasteiger partial charge in [0.25, 0.3) is 0 Å². The second-order valence-electron chi connectivity index (χ2n) is 8.30. The monoisotopic (exact) mass is 385 g/mol. The number of pyridine rings is 1. The van der Waals surface area contributed by atoms with Gasteiger partial charge in [-0.15, -0.1) is 0 Å². The molecule has 1 aromatic heterocycles. The molecule has 4 rings (SSSR count). The molecule has 3 aliphatic rings. The summed E-state index contributed by atoms with van der Waals surface area (Å²) in [7, 11) is 0. The predicted molar refractivity (Wildman–Crippen MR) is 108 cm³/mol. The first-order valence-corrected chi connectivity index (χ1v) is 10.7. The maximum absolute atomic E-state index is 12.5. The van der Waals surface area contributed by atoms with Crippen LogP contribution in [0.15, 0.2) is 18.3 Å². The third kappa shape index (κ3) is 4.94. The summed E-state index contributed by atoms with van der Waals surface area (Å²) in [6, 6.07) is 4.37. The van der Waals surface area contributed by atoms with E-state index in [0.29, 0.717) is 25.7 Å². The van der Waals surface area contributed by atoms with Gasteiger partial charge >= 0.3 is 6.03 Å². The number of rotatable bonds is 5. The molecule has 0 radical (unpaired) electrons. The number of carbonyl (C=O) groups is 2. The first-order valence-electron chi connectivity index (χ1n) is 10.7. The highest BCUT2D eigenvalue weighted by Gasteiger charge is 2.31. The van der Waals surface area contributed by atoms with Crippen molar-refractivity contribution in [3.8, 4) is 0 Å². The van der Waals surface area contributed by atoms with Crippen LogP contribution in [0.25, 0.3) is 0 Å². The average Bonchev–Trinajstić information content (AvgIpc) is 3.57. The number of aromatic nitrogens is 1. The van der Waals surface area contributed by atoms with E-state index in [1.165, 1.54) is 19.3 Å². The minimum absolute atomic E-state index is 0.0782. The standard InChI is InChI=1S/C21H31N5O2/c27-20(24-18-7-8-18)17-5-4-12-26(15-17)21(28)23-14-16-6-9-19(22-13-16)25-10-2-1-3-11-25/h6,9,13,17-18H,1-5,7-8,10-12,14-15H2,(H,23,28)(H,24,27). The van der Waals surface area contributed by atoms with Gasteiger partial charge in [0.05, 0.1) is 5.92 Å². The van der Waals surface area contributed by atoms with E-state index in [0.717, 1.165) is 50.2 Å². The molecule has 0 aromatic carbocycles. The Balaban J connectivity index is 1.24. The summed E-state index contributed by atoms with van der Waals surface area (Å²) in [5.41, 5.74) is 0.995. The minimum Gasteiger partial charge on any atom is -0.357 e. The van der Waals surface area contributed by atoms with Gasteiger partial charge in [0, 0.05) is 45.0 Å². The van der Waals surface area contributed by atoms with Gasteiger partial charge in [-0.25, -0.2) is 9.78 Å². The molecule has 1 aliphatic carbocycles. The summed E-state index contributed by atoms with van der Waals surface area (Å²) >= 11 is 0. The Bertz CT molecular complexity index is 683. The lowest BCUT2D eigenvalue weighted by atomic mass is 9.97. The second-order valence-corrected chi connectivity index (χ2v) is 8.30. The lowest BCUT2D eigenvalue weighted by molar-refractivity contribution is -0.126. The molecule has 3 fully saturated rings. The number of piperidine rings is 2. The summed E-state index contributed by atoms with van der Waals surface area (Å²) in [5.74, 6) is 1.05. The zero-order valence-electron chi connectivity index (χ0n) is 16.5. The van der Waals surface area contributed by atoms with E-state index in [4.69, 9.17) is 0 Å². The Kier molecular flexibility index (Phi) is 5.98. The fraction of sp³-hybridized carbons (Fsp3) is 0.667. The van der Waals surface area contributed by atoms with E-state index in [1.54, 1.807) is 4.90 Å². The topological polar surface area (TPSA) is 77.6 Å². The highest BCUT2D eigenvalue weighted by molar-refractivity contribution is 5.81. The number of urea groups is 1. The SMILES string of the molecule is O=C(NC1CC1)C1CCCN(C(=O)NCc2ccc(N3CCCCC3)nc2)C1. The normalized spacial score (nSPS) is 22.6. The zero-order valence-corrected chi connectivity index (χ0v) is 16.5. The first kappa shape index (κ1) is 19.0.